The summed E-state index contributed by atoms with van der Waals surface area (Å²) in [4.78, 5) is 0. The SMILES string of the molecule is Cc1nnc(SCc2nnc(NN)s2)s1. The number of aromatic nitrogens is 4. The van der Waals surface area contributed by atoms with Crippen molar-refractivity contribution in [2.75, 3.05) is 5.43 Å². The minimum atomic E-state index is 0.624. The number of nitrogens with zero attached hydrogens (tertiary/aromatic N) is 4. The molecule has 6 nitrogen and oxygen atoms in total. The molecule has 2 aromatic rings. The number of aryl methyl sites for hydroxylation is 1. The predicted molar refractivity (Wildman–Crippen MR) is 61.9 cm³/mol. The van der Waals surface area contributed by atoms with Gasteiger partial charge in [-0.05, 0) is 6.92 Å². The zero-order valence-corrected chi connectivity index (χ0v) is 10.2. The Hall–Kier alpha value is -0.770. The molecule has 3 N–H and O–H groups in total. The van der Waals surface area contributed by atoms with E-state index in [0.717, 1.165) is 20.1 Å². The van der Waals surface area contributed by atoms with E-state index in [1.54, 1.807) is 23.1 Å². The maximum absolute atomic E-state index is 5.20. The Morgan fingerprint density at radius 3 is 2.73 bits per heavy atom. The monoisotopic (exact) mass is 260 g/mol. The van der Waals surface area contributed by atoms with Gasteiger partial charge >= 0.3 is 0 Å². The number of rotatable bonds is 4. The van der Waals surface area contributed by atoms with Gasteiger partial charge < -0.3 is 0 Å². The van der Waals surface area contributed by atoms with Crippen LogP contribution in [0, 0.1) is 6.92 Å². The first-order valence-electron chi connectivity index (χ1n) is 4.00. The molecule has 15 heavy (non-hydrogen) atoms. The number of nitrogens with two attached hydrogens (primary N) is 1. The molecule has 0 spiro atoms. The summed E-state index contributed by atoms with van der Waals surface area (Å²) in [5, 5.41) is 18.3. The van der Waals surface area contributed by atoms with Gasteiger partial charge in [-0.25, -0.2) is 5.84 Å². The molecule has 0 aliphatic heterocycles. The Morgan fingerprint density at radius 2 is 2.13 bits per heavy atom. The summed E-state index contributed by atoms with van der Waals surface area (Å²) in [6, 6.07) is 0. The van der Waals surface area contributed by atoms with Crippen molar-refractivity contribution in [1.82, 2.24) is 20.4 Å². The third-order valence-electron chi connectivity index (χ3n) is 1.42. The largest absolute Gasteiger partial charge is 0.298 e. The van der Waals surface area contributed by atoms with E-state index in [1.165, 1.54) is 11.3 Å². The molecular weight excluding hydrogens is 252 g/mol. The number of nitrogens with one attached hydrogen (secondary N) is 1. The minimum Gasteiger partial charge on any atom is -0.298 e. The maximum Gasteiger partial charge on any atom is 0.219 e. The second-order valence-electron chi connectivity index (χ2n) is 2.52. The number of hydrazine groups is 1. The van der Waals surface area contributed by atoms with Crippen LogP contribution in [0.2, 0.25) is 0 Å². The normalized spacial score (nSPS) is 10.5. The fourth-order valence-corrected chi connectivity index (χ4v) is 3.28. The molecule has 9 heteroatoms. The molecule has 0 aromatic carbocycles. The molecule has 0 aliphatic rings. The van der Waals surface area contributed by atoms with E-state index in [0.29, 0.717) is 5.13 Å². The first-order valence-corrected chi connectivity index (χ1v) is 6.61. The first kappa shape index (κ1) is 10.7. The second kappa shape index (κ2) is 4.84. The zero-order chi connectivity index (χ0) is 10.7. The molecule has 2 rings (SSSR count). The molecule has 0 aliphatic carbocycles. The summed E-state index contributed by atoms with van der Waals surface area (Å²) in [6.45, 7) is 1.93. The van der Waals surface area contributed by atoms with Crippen LogP contribution < -0.4 is 11.3 Å². The van der Waals surface area contributed by atoms with Crippen molar-refractivity contribution in [3.8, 4) is 0 Å². The van der Waals surface area contributed by atoms with Crippen LogP contribution in [0.4, 0.5) is 5.13 Å². The van der Waals surface area contributed by atoms with Crippen LogP contribution in [-0.2, 0) is 5.75 Å². The van der Waals surface area contributed by atoms with Crippen LogP contribution in [0.3, 0.4) is 0 Å². The Labute approximate surface area is 98.3 Å². The summed E-state index contributed by atoms with van der Waals surface area (Å²) < 4.78 is 0.949. The van der Waals surface area contributed by atoms with E-state index >= 15 is 0 Å². The minimum absolute atomic E-state index is 0.624. The Kier molecular flexibility index (Phi) is 3.46. The number of anilines is 1. The van der Waals surface area contributed by atoms with Crippen molar-refractivity contribution in [3.63, 3.8) is 0 Å². The van der Waals surface area contributed by atoms with E-state index in [-0.39, 0.29) is 0 Å². The van der Waals surface area contributed by atoms with Crippen molar-refractivity contribution < 1.29 is 0 Å². The molecule has 0 amide bonds. The van der Waals surface area contributed by atoms with Crippen LogP contribution in [0.25, 0.3) is 0 Å². The highest BCUT2D eigenvalue weighted by molar-refractivity contribution is 8.00. The van der Waals surface area contributed by atoms with Crippen molar-refractivity contribution in [2.45, 2.75) is 17.0 Å². The van der Waals surface area contributed by atoms with Gasteiger partial charge in [-0.3, -0.25) is 5.43 Å². The van der Waals surface area contributed by atoms with Gasteiger partial charge in [0, 0.05) is 0 Å². The van der Waals surface area contributed by atoms with Crippen molar-refractivity contribution >= 4 is 39.6 Å². The molecule has 0 radical (unpaired) electrons. The highest BCUT2D eigenvalue weighted by Crippen LogP contribution is 2.27. The predicted octanol–water partition coefficient (Wildman–Crippen LogP) is 1.28. The Morgan fingerprint density at radius 1 is 1.27 bits per heavy atom. The Bertz CT molecular complexity index is 438. The second-order valence-corrected chi connectivity index (χ2v) is 5.99. The smallest absolute Gasteiger partial charge is 0.219 e. The molecule has 0 bridgehead atoms. The van der Waals surface area contributed by atoms with E-state index in [1.807, 2.05) is 6.92 Å². The van der Waals surface area contributed by atoms with E-state index in [4.69, 9.17) is 5.84 Å². The van der Waals surface area contributed by atoms with Crippen LogP contribution in [0.5, 0.6) is 0 Å². The van der Waals surface area contributed by atoms with E-state index in [2.05, 4.69) is 25.8 Å². The first-order chi connectivity index (χ1) is 7.28. The summed E-state index contributed by atoms with van der Waals surface area (Å²) in [5.41, 5.74) is 2.46. The number of hydrogen-bond donors (Lipinski definition) is 2. The van der Waals surface area contributed by atoms with Crippen LogP contribution >= 0.6 is 34.4 Å². The number of hydrogen-bond acceptors (Lipinski definition) is 9. The van der Waals surface area contributed by atoms with Gasteiger partial charge in [-0.2, -0.15) is 0 Å². The van der Waals surface area contributed by atoms with Gasteiger partial charge in [0.25, 0.3) is 0 Å². The lowest BCUT2D eigenvalue weighted by molar-refractivity contribution is 0.981. The quantitative estimate of drug-likeness (QED) is 0.486. The Balaban J connectivity index is 1.93. The summed E-state index contributed by atoms with van der Waals surface area (Å²) in [5.74, 6) is 5.95. The molecule has 0 saturated heterocycles. The lowest BCUT2D eigenvalue weighted by Crippen LogP contribution is -2.05. The lowest BCUT2D eigenvalue weighted by Gasteiger charge is -1.89. The third kappa shape index (κ3) is 2.84. The summed E-state index contributed by atoms with van der Waals surface area (Å²) in [6.07, 6.45) is 0. The average Bonchev–Trinajstić information content (AvgIpc) is 2.83. The zero-order valence-electron chi connectivity index (χ0n) is 7.80. The summed E-state index contributed by atoms with van der Waals surface area (Å²) >= 11 is 4.62. The fraction of sp³-hybridized carbons (Fsp3) is 0.333. The van der Waals surface area contributed by atoms with Crippen molar-refractivity contribution in [2.24, 2.45) is 5.84 Å². The fourth-order valence-electron chi connectivity index (χ4n) is 0.830. The molecule has 0 fully saturated rings. The van der Waals surface area contributed by atoms with Gasteiger partial charge in [-0.1, -0.05) is 34.4 Å². The van der Waals surface area contributed by atoms with Crippen molar-refractivity contribution in [3.05, 3.63) is 10.0 Å². The third-order valence-corrected chi connectivity index (χ3v) is 4.44. The highest BCUT2D eigenvalue weighted by atomic mass is 32.2. The van der Waals surface area contributed by atoms with Crippen LogP contribution in [0.1, 0.15) is 10.0 Å². The standard InChI is InChI=1S/C6H8N6S3/c1-3-9-12-6(14-3)13-2-4-10-11-5(8-7)15-4/h2,7H2,1H3,(H,8,11). The maximum atomic E-state index is 5.20. The lowest BCUT2D eigenvalue weighted by atomic mass is 10.9. The topological polar surface area (TPSA) is 89.6 Å². The van der Waals surface area contributed by atoms with Gasteiger partial charge in [-0.15, -0.1) is 20.4 Å². The highest BCUT2D eigenvalue weighted by Gasteiger charge is 2.06. The molecular formula is C6H8N6S3. The van der Waals surface area contributed by atoms with Gasteiger partial charge in [0.1, 0.15) is 10.0 Å². The number of nitrogen functional groups attached to an aromatic ring is 1. The van der Waals surface area contributed by atoms with Gasteiger partial charge in [0.05, 0.1) is 5.75 Å². The molecule has 0 atom stereocenters. The molecule has 2 aromatic heterocycles. The molecule has 0 saturated carbocycles. The van der Waals surface area contributed by atoms with Gasteiger partial charge in [0.15, 0.2) is 4.34 Å². The molecule has 0 unspecified atom stereocenters. The average molecular weight is 260 g/mol. The van der Waals surface area contributed by atoms with Gasteiger partial charge in [0.2, 0.25) is 5.13 Å². The number of thioether (sulfide) groups is 1. The van der Waals surface area contributed by atoms with Crippen LogP contribution in [0.15, 0.2) is 4.34 Å². The molecule has 2 heterocycles. The summed E-state index contributed by atoms with van der Waals surface area (Å²) in [7, 11) is 0. The van der Waals surface area contributed by atoms with Crippen LogP contribution in [-0.4, -0.2) is 20.4 Å². The molecule has 80 valence electrons. The van der Waals surface area contributed by atoms with E-state index in [9.17, 15) is 0 Å². The van der Waals surface area contributed by atoms with E-state index < -0.39 is 0 Å². The van der Waals surface area contributed by atoms with Crippen molar-refractivity contribution in [1.29, 1.82) is 0 Å².